The summed E-state index contributed by atoms with van der Waals surface area (Å²) in [7, 11) is -4.00. The fourth-order valence-corrected chi connectivity index (χ4v) is 7.56. The standard InChI is InChI=1S/C39H45N3O7S/c1-27-11-17-34(18-12-27)50(45,46)41-35(23-29-7-4-3-5-8-29)38(44)40-33-10-6-9-32(24-33)39-48-36(25-42-19-21-47-22-20-42)28(2)37(49-39)31-15-13-30(26-43)14-16-31/h3-18,24,28,35-37,39,41,43H,19-23,25-26H2,1-2H3,(H,40,44)/t28-,35+,36+,37+,39+/m0/s1. The van der Waals surface area contributed by atoms with E-state index in [1.165, 1.54) is 12.1 Å². The van der Waals surface area contributed by atoms with Crippen molar-refractivity contribution in [3.63, 3.8) is 0 Å². The molecule has 1 amide bonds. The van der Waals surface area contributed by atoms with Gasteiger partial charge in [0, 0.05) is 36.8 Å². The molecule has 0 bridgehead atoms. The average molecular weight is 700 g/mol. The summed E-state index contributed by atoms with van der Waals surface area (Å²) in [4.78, 5) is 16.3. The highest BCUT2D eigenvalue weighted by atomic mass is 32.2. The predicted molar refractivity (Wildman–Crippen MR) is 191 cm³/mol. The van der Waals surface area contributed by atoms with Crippen molar-refractivity contribution in [3.05, 3.63) is 131 Å². The van der Waals surface area contributed by atoms with Gasteiger partial charge in [-0.1, -0.05) is 91.3 Å². The maximum absolute atomic E-state index is 13.8. The van der Waals surface area contributed by atoms with Gasteiger partial charge in [-0.3, -0.25) is 9.69 Å². The van der Waals surface area contributed by atoms with Gasteiger partial charge in [0.1, 0.15) is 6.04 Å². The Morgan fingerprint density at radius 1 is 0.880 bits per heavy atom. The van der Waals surface area contributed by atoms with Crippen LogP contribution in [0.25, 0.3) is 0 Å². The predicted octanol–water partition coefficient (Wildman–Crippen LogP) is 5.14. The van der Waals surface area contributed by atoms with Crippen molar-refractivity contribution < 1.29 is 32.5 Å². The maximum atomic E-state index is 13.8. The Bertz CT molecular complexity index is 1810. The molecule has 2 fully saturated rings. The van der Waals surface area contributed by atoms with Crippen LogP contribution < -0.4 is 10.0 Å². The molecule has 0 aromatic heterocycles. The lowest BCUT2D eigenvalue weighted by Crippen LogP contribution is -2.47. The van der Waals surface area contributed by atoms with Gasteiger partial charge in [-0.25, -0.2) is 8.42 Å². The second-order valence-corrected chi connectivity index (χ2v) is 14.7. The molecular weight excluding hydrogens is 655 g/mol. The summed E-state index contributed by atoms with van der Waals surface area (Å²) in [5.41, 5.74) is 4.77. The summed E-state index contributed by atoms with van der Waals surface area (Å²) in [5.74, 6) is -0.468. The second kappa shape index (κ2) is 16.4. The molecule has 3 N–H and O–H groups in total. The summed E-state index contributed by atoms with van der Waals surface area (Å²) in [5, 5.41) is 12.5. The Morgan fingerprint density at radius 3 is 2.30 bits per heavy atom. The number of morpholine rings is 1. The largest absolute Gasteiger partial charge is 0.392 e. The van der Waals surface area contributed by atoms with E-state index >= 15 is 0 Å². The van der Waals surface area contributed by atoms with Crippen LogP contribution >= 0.6 is 0 Å². The number of carbonyl (C=O) groups is 1. The van der Waals surface area contributed by atoms with E-state index in [0.717, 1.165) is 40.9 Å². The number of hydrogen-bond donors (Lipinski definition) is 3. The lowest BCUT2D eigenvalue weighted by molar-refractivity contribution is -0.277. The number of anilines is 1. The number of rotatable bonds is 12. The third-order valence-corrected chi connectivity index (χ3v) is 10.8. The van der Waals surface area contributed by atoms with Crippen molar-refractivity contribution >= 4 is 21.6 Å². The van der Waals surface area contributed by atoms with E-state index in [2.05, 4.69) is 21.9 Å². The maximum Gasteiger partial charge on any atom is 0.242 e. The Kier molecular flexibility index (Phi) is 11.8. The molecule has 264 valence electrons. The van der Waals surface area contributed by atoms with E-state index in [1.54, 1.807) is 18.2 Å². The van der Waals surface area contributed by atoms with Crippen LogP contribution in [0, 0.1) is 12.8 Å². The van der Waals surface area contributed by atoms with Gasteiger partial charge in [0.15, 0.2) is 6.29 Å². The molecule has 0 spiro atoms. The van der Waals surface area contributed by atoms with Crippen molar-refractivity contribution in [2.75, 3.05) is 38.2 Å². The molecule has 0 unspecified atom stereocenters. The molecule has 6 rings (SSSR count). The number of amides is 1. The molecule has 5 atom stereocenters. The molecule has 50 heavy (non-hydrogen) atoms. The quantitative estimate of drug-likeness (QED) is 0.186. The van der Waals surface area contributed by atoms with Gasteiger partial charge in [0.25, 0.3) is 0 Å². The molecule has 4 aromatic rings. The summed E-state index contributed by atoms with van der Waals surface area (Å²) in [6.07, 6.45) is -1.00. The smallest absolute Gasteiger partial charge is 0.242 e. The van der Waals surface area contributed by atoms with Crippen molar-refractivity contribution in [2.24, 2.45) is 5.92 Å². The highest BCUT2D eigenvalue weighted by Gasteiger charge is 2.39. The second-order valence-electron chi connectivity index (χ2n) is 13.0. The van der Waals surface area contributed by atoms with Crippen LogP contribution in [0.5, 0.6) is 0 Å². The zero-order valence-electron chi connectivity index (χ0n) is 28.4. The van der Waals surface area contributed by atoms with E-state index in [-0.39, 0.29) is 36.0 Å². The van der Waals surface area contributed by atoms with Crippen molar-refractivity contribution in [2.45, 2.75) is 56.3 Å². The Morgan fingerprint density at radius 2 is 1.60 bits per heavy atom. The van der Waals surface area contributed by atoms with Gasteiger partial charge in [0.2, 0.25) is 15.9 Å². The number of ether oxygens (including phenoxy) is 3. The molecule has 4 aromatic carbocycles. The van der Waals surface area contributed by atoms with Crippen LogP contribution in [0.2, 0.25) is 0 Å². The van der Waals surface area contributed by atoms with Gasteiger partial charge in [-0.15, -0.1) is 0 Å². The van der Waals surface area contributed by atoms with E-state index in [9.17, 15) is 18.3 Å². The van der Waals surface area contributed by atoms with E-state index < -0.39 is 28.3 Å². The molecule has 0 radical (unpaired) electrons. The molecule has 2 aliphatic rings. The highest BCUT2D eigenvalue weighted by molar-refractivity contribution is 7.89. The number of hydrogen-bond acceptors (Lipinski definition) is 8. The fourth-order valence-electron chi connectivity index (χ4n) is 6.37. The normalized spacial score (nSPS) is 22.1. The number of nitrogens with zero attached hydrogens (tertiary/aromatic N) is 1. The number of aliphatic hydroxyl groups is 1. The van der Waals surface area contributed by atoms with Crippen LogP contribution in [0.3, 0.4) is 0 Å². The Balaban J connectivity index is 1.23. The minimum absolute atomic E-state index is 0.0252. The molecule has 2 saturated heterocycles. The zero-order chi connectivity index (χ0) is 35.1. The number of benzene rings is 4. The first kappa shape index (κ1) is 35.9. The van der Waals surface area contributed by atoms with E-state index in [4.69, 9.17) is 14.2 Å². The molecular formula is C39H45N3O7S. The van der Waals surface area contributed by atoms with Crippen LogP contribution in [0.15, 0.2) is 108 Å². The van der Waals surface area contributed by atoms with Crippen LogP contribution in [-0.4, -0.2) is 69.3 Å². The summed E-state index contributed by atoms with van der Waals surface area (Å²) in [6, 6.07) is 29.8. The van der Waals surface area contributed by atoms with Gasteiger partial charge in [0.05, 0.1) is 36.9 Å². The first-order chi connectivity index (χ1) is 24.2. The first-order valence-corrected chi connectivity index (χ1v) is 18.5. The average Bonchev–Trinajstić information content (AvgIpc) is 3.13. The number of aryl methyl sites for hydroxylation is 1. The zero-order valence-corrected chi connectivity index (χ0v) is 29.2. The van der Waals surface area contributed by atoms with Crippen LogP contribution in [0.1, 0.15) is 47.1 Å². The number of aliphatic hydroxyl groups excluding tert-OH is 1. The number of carbonyl (C=O) groups excluding carboxylic acids is 1. The topological polar surface area (TPSA) is 126 Å². The minimum Gasteiger partial charge on any atom is -0.392 e. The van der Waals surface area contributed by atoms with Crippen LogP contribution in [0.4, 0.5) is 5.69 Å². The number of sulfonamides is 1. The highest BCUT2D eigenvalue weighted by Crippen LogP contribution is 2.42. The lowest BCUT2D eigenvalue weighted by Gasteiger charge is -2.43. The van der Waals surface area contributed by atoms with Crippen molar-refractivity contribution in [1.29, 1.82) is 0 Å². The summed E-state index contributed by atoms with van der Waals surface area (Å²) < 4.78 is 48.3. The van der Waals surface area contributed by atoms with Crippen molar-refractivity contribution in [3.8, 4) is 0 Å². The van der Waals surface area contributed by atoms with Crippen LogP contribution in [-0.2, 0) is 42.1 Å². The van der Waals surface area contributed by atoms with Gasteiger partial charge < -0.3 is 24.6 Å². The molecule has 11 heteroatoms. The fraction of sp³-hybridized carbons (Fsp3) is 0.359. The minimum atomic E-state index is -4.00. The Hall–Kier alpha value is -3.94. The number of nitrogens with one attached hydrogen (secondary N) is 2. The van der Waals surface area contributed by atoms with E-state index in [0.29, 0.717) is 25.4 Å². The monoisotopic (exact) mass is 699 g/mol. The van der Waals surface area contributed by atoms with Gasteiger partial charge in [-0.2, -0.15) is 4.72 Å². The SMILES string of the molecule is Cc1ccc(S(=O)(=O)N[C@H](Cc2ccccc2)C(=O)Nc2cccc([C@@H]3O[C@H](CN4CCOCC4)[C@H](C)[C@H](c4ccc(CO)cc4)O3)c2)cc1. The lowest BCUT2D eigenvalue weighted by atomic mass is 9.90. The summed E-state index contributed by atoms with van der Waals surface area (Å²) >= 11 is 0. The van der Waals surface area contributed by atoms with Gasteiger partial charge in [-0.05, 0) is 54.3 Å². The van der Waals surface area contributed by atoms with Gasteiger partial charge >= 0.3 is 0 Å². The van der Waals surface area contributed by atoms with Crippen molar-refractivity contribution in [1.82, 2.24) is 9.62 Å². The molecule has 2 heterocycles. The summed E-state index contributed by atoms with van der Waals surface area (Å²) in [6.45, 7) is 7.71. The Labute approximate surface area is 294 Å². The molecule has 2 aliphatic heterocycles. The first-order valence-electron chi connectivity index (χ1n) is 17.0. The third-order valence-electron chi connectivity index (χ3n) is 9.32. The third kappa shape index (κ3) is 9.04. The van der Waals surface area contributed by atoms with E-state index in [1.807, 2.05) is 79.7 Å². The molecule has 10 nitrogen and oxygen atoms in total. The molecule has 0 aliphatic carbocycles. The molecule has 0 saturated carbocycles.